The number of nitrogens with one attached hydrogen (secondary N) is 1. The zero-order chi connectivity index (χ0) is 14.5. The molecule has 7 nitrogen and oxygen atoms in total. The van der Waals surface area contributed by atoms with Gasteiger partial charge in [-0.3, -0.25) is 0 Å². The number of aliphatic carboxylic acids is 1. The zero-order valence-corrected chi connectivity index (χ0v) is 11.4. The van der Waals surface area contributed by atoms with Crippen molar-refractivity contribution < 1.29 is 19.7 Å². The van der Waals surface area contributed by atoms with Gasteiger partial charge in [-0.2, -0.15) is 4.98 Å². The molecule has 1 aliphatic rings. The Morgan fingerprint density at radius 2 is 2.20 bits per heavy atom. The summed E-state index contributed by atoms with van der Waals surface area (Å²) in [4.78, 5) is 19.1. The van der Waals surface area contributed by atoms with E-state index in [0.29, 0.717) is 29.5 Å². The van der Waals surface area contributed by atoms with Gasteiger partial charge in [-0.1, -0.05) is 0 Å². The van der Waals surface area contributed by atoms with Gasteiger partial charge in [-0.15, -0.1) is 0 Å². The first kappa shape index (κ1) is 14.5. The number of aryl methyl sites for hydroxylation is 1. The van der Waals surface area contributed by atoms with Crippen LogP contribution in [0.1, 0.15) is 24.1 Å². The smallest absolute Gasteiger partial charge is 0.341 e. The summed E-state index contributed by atoms with van der Waals surface area (Å²) in [5.41, 5.74) is 1.33. The number of rotatable bonds is 8. The van der Waals surface area contributed by atoms with Crippen LogP contribution in [0.25, 0.3) is 0 Å². The highest BCUT2D eigenvalue weighted by molar-refractivity contribution is 5.68. The Labute approximate surface area is 117 Å². The van der Waals surface area contributed by atoms with Crippen LogP contribution in [0.5, 0.6) is 5.88 Å². The largest absolute Gasteiger partial charge is 0.479 e. The van der Waals surface area contributed by atoms with E-state index in [-0.39, 0.29) is 12.5 Å². The number of anilines is 1. The minimum Gasteiger partial charge on any atom is -0.479 e. The molecule has 0 aromatic carbocycles. The van der Waals surface area contributed by atoms with Gasteiger partial charge >= 0.3 is 5.97 Å². The molecule has 110 valence electrons. The van der Waals surface area contributed by atoms with Crippen molar-refractivity contribution in [2.45, 2.75) is 26.2 Å². The van der Waals surface area contributed by atoms with Crippen molar-refractivity contribution >= 4 is 11.9 Å². The molecule has 0 atom stereocenters. The fraction of sp³-hybridized carbons (Fsp3) is 0.615. The summed E-state index contributed by atoms with van der Waals surface area (Å²) in [5.74, 6) is 0.284. The van der Waals surface area contributed by atoms with Gasteiger partial charge in [0.15, 0.2) is 6.61 Å². The summed E-state index contributed by atoms with van der Waals surface area (Å²) in [6, 6.07) is 0. The van der Waals surface area contributed by atoms with Crippen LogP contribution in [0.15, 0.2) is 0 Å². The third-order valence-corrected chi connectivity index (χ3v) is 3.12. The van der Waals surface area contributed by atoms with E-state index in [4.69, 9.17) is 14.9 Å². The van der Waals surface area contributed by atoms with Crippen LogP contribution >= 0.6 is 0 Å². The van der Waals surface area contributed by atoms with E-state index in [1.807, 2.05) is 0 Å². The number of aliphatic hydroxyl groups excluding tert-OH is 1. The van der Waals surface area contributed by atoms with Crippen molar-refractivity contribution in [3.8, 4) is 5.88 Å². The van der Waals surface area contributed by atoms with Crippen LogP contribution in [0.2, 0.25) is 0 Å². The summed E-state index contributed by atoms with van der Waals surface area (Å²) in [6.07, 6.45) is 2.78. The predicted molar refractivity (Wildman–Crippen MR) is 71.9 cm³/mol. The van der Waals surface area contributed by atoms with Gasteiger partial charge in [0.25, 0.3) is 0 Å². The van der Waals surface area contributed by atoms with E-state index in [9.17, 15) is 4.79 Å². The molecule has 0 unspecified atom stereocenters. The summed E-state index contributed by atoms with van der Waals surface area (Å²) >= 11 is 0. The molecule has 0 spiro atoms. The number of carbonyl (C=O) groups is 1. The van der Waals surface area contributed by atoms with Gasteiger partial charge in [0.05, 0.1) is 0 Å². The number of carboxylic acids is 1. The Morgan fingerprint density at radius 3 is 2.80 bits per heavy atom. The Morgan fingerprint density at radius 1 is 1.45 bits per heavy atom. The quantitative estimate of drug-likeness (QED) is 0.641. The molecule has 2 rings (SSSR count). The fourth-order valence-corrected chi connectivity index (χ4v) is 1.86. The molecule has 20 heavy (non-hydrogen) atoms. The lowest BCUT2D eigenvalue weighted by atomic mass is 10.2. The van der Waals surface area contributed by atoms with Gasteiger partial charge in [0.2, 0.25) is 11.8 Å². The number of hydrogen-bond acceptors (Lipinski definition) is 6. The average molecular weight is 281 g/mol. The van der Waals surface area contributed by atoms with Crippen LogP contribution in [-0.2, 0) is 11.2 Å². The molecular formula is C13H19N3O4. The number of hydrogen-bond donors (Lipinski definition) is 3. The van der Waals surface area contributed by atoms with Crippen LogP contribution < -0.4 is 10.1 Å². The molecule has 1 heterocycles. The van der Waals surface area contributed by atoms with Gasteiger partial charge in [0.1, 0.15) is 0 Å². The number of ether oxygens (including phenoxy) is 1. The highest BCUT2D eigenvalue weighted by Gasteiger charge is 2.21. The Balaban J connectivity index is 2.14. The Kier molecular flexibility index (Phi) is 4.73. The lowest BCUT2D eigenvalue weighted by Crippen LogP contribution is -2.15. The molecule has 1 aliphatic carbocycles. The summed E-state index contributed by atoms with van der Waals surface area (Å²) in [7, 11) is 0. The van der Waals surface area contributed by atoms with Gasteiger partial charge in [-0.05, 0) is 25.7 Å². The van der Waals surface area contributed by atoms with Gasteiger partial charge < -0.3 is 20.3 Å². The lowest BCUT2D eigenvalue weighted by molar-refractivity contribution is -0.139. The van der Waals surface area contributed by atoms with Crippen molar-refractivity contribution in [3.63, 3.8) is 0 Å². The Bertz CT molecular complexity index is 489. The van der Waals surface area contributed by atoms with E-state index in [0.717, 1.165) is 6.54 Å². The van der Waals surface area contributed by atoms with E-state index < -0.39 is 12.6 Å². The molecule has 0 aliphatic heterocycles. The molecule has 1 aromatic heterocycles. The molecule has 3 N–H and O–H groups in total. The molecule has 0 bridgehead atoms. The minimum atomic E-state index is -1.07. The molecule has 0 amide bonds. The SMILES string of the molecule is Cc1nc(NCC2CC2)nc(OCC(=O)O)c1CCO. The normalized spacial score (nSPS) is 14.1. The van der Waals surface area contributed by atoms with Crippen LogP contribution in [0, 0.1) is 12.8 Å². The molecule has 1 fully saturated rings. The third-order valence-electron chi connectivity index (χ3n) is 3.12. The first-order chi connectivity index (χ1) is 9.60. The molecule has 1 aromatic rings. The van der Waals surface area contributed by atoms with Gasteiger partial charge in [-0.25, -0.2) is 9.78 Å². The van der Waals surface area contributed by atoms with Crippen LogP contribution in [0.4, 0.5) is 5.95 Å². The van der Waals surface area contributed by atoms with Crippen molar-refractivity contribution in [2.24, 2.45) is 5.92 Å². The monoisotopic (exact) mass is 281 g/mol. The second kappa shape index (κ2) is 6.51. The van der Waals surface area contributed by atoms with Crippen molar-refractivity contribution in [1.82, 2.24) is 9.97 Å². The van der Waals surface area contributed by atoms with Crippen LogP contribution in [-0.4, -0.2) is 45.9 Å². The van der Waals surface area contributed by atoms with Crippen molar-refractivity contribution in [1.29, 1.82) is 0 Å². The second-order valence-corrected chi connectivity index (χ2v) is 4.90. The molecule has 0 saturated heterocycles. The molecule has 1 saturated carbocycles. The topological polar surface area (TPSA) is 105 Å². The lowest BCUT2D eigenvalue weighted by Gasteiger charge is -2.13. The highest BCUT2D eigenvalue weighted by atomic mass is 16.5. The summed E-state index contributed by atoms with van der Waals surface area (Å²) < 4.78 is 5.19. The first-order valence-electron chi connectivity index (χ1n) is 6.67. The summed E-state index contributed by atoms with van der Waals surface area (Å²) in [5, 5.41) is 20.9. The molecular weight excluding hydrogens is 262 g/mol. The van der Waals surface area contributed by atoms with E-state index in [2.05, 4.69) is 15.3 Å². The van der Waals surface area contributed by atoms with Crippen molar-refractivity contribution in [3.05, 3.63) is 11.3 Å². The maximum Gasteiger partial charge on any atom is 0.341 e. The second-order valence-electron chi connectivity index (χ2n) is 4.90. The first-order valence-corrected chi connectivity index (χ1v) is 6.67. The standard InChI is InChI=1S/C13H19N3O4/c1-8-10(4-5-17)12(20-7-11(18)19)16-13(15-8)14-6-9-2-3-9/h9,17H,2-7H2,1H3,(H,18,19)(H,14,15,16). The number of aliphatic hydroxyl groups is 1. The fourth-order valence-electron chi connectivity index (χ4n) is 1.86. The number of nitrogens with zero attached hydrogens (tertiary/aromatic N) is 2. The Hall–Kier alpha value is -1.89. The zero-order valence-electron chi connectivity index (χ0n) is 11.4. The number of carboxylic acid groups (broad SMARTS) is 1. The van der Waals surface area contributed by atoms with E-state index >= 15 is 0 Å². The van der Waals surface area contributed by atoms with Crippen LogP contribution in [0.3, 0.4) is 0 Å². The van der Waals surface area contributed by atoms with Crippen molar-refractivity contribution in [2.75, 3.05) is 25.1 Å². The van der Waals surface area contributed by atoms with E-state index in [1.54, 1.807) is 6.92 Å². The highest BCUT2D eigenvalue weighted by Crippen LogP contribution is 2.29. The third kappa shape index (κ3) is 4.06. The minimum absolute atomic E-state index is 0.0670. The maximum atomic E-state index is 10.6. The predicted octanol–water partition coefficient (Wildman–Crippen LogP) is 0.605. The maximum absolute atomic E-state index is 10.6. The molecule has 7 heteroatoms. The van der Waals surface area contributed by atoms with Gasteiger partial charge in [0, 0.05) is 30.8 Å². The number of aromatic nitrogens is 2. The molecule has 0 radical (unpaired) electrons. The van der Waals surface area contributed by atoms with E-state index in [1.165, 1.54) is 12.8 Å². The summed E-state index contributed by atoms with van der Waals surface area (Å²) in [6.45, 7) is 2.08. The average Bonchev–Trinajstić information content (AvgIpc) is 3.21.